The Balaban J connectivity index is 1.19. The molecule has 1 unspecified atom stereocenters. The van der Waals surface area contributed by atoms with E-state index in [1.165, 1.54) is 55.4 Å². The van der Waals surface area contributed by atoms with Crippen LogP contribution in [0.4, 0.5) is 11.4 Å². The fourth-order valence-corrected chi connectivity index (χ4v) is 8.95. The predicted octanol–water partition coefficient (Wildman–Crippen LogP) is 14.9. The van der Waals surface area contributed by atoms with Crippen LogP contribution in [0.3, 0.4) is 0 Å². The Bertz CT molecular complexity index is 3050. The van der Waals surface area contributed by atoms with Crippen LogP contribution < -0.4 is 4.90 Å². The second-order valence-electron chi connectivity index (χ2n) is 14.8. The number of anilines is 2. The summed E-state index contributed by atoms with van der Waals surface area (Å²) in [5.74, 6) is 0.252. The van der Waals surface area contributed by atoms with Crippen LogP contribution in [0.5, 0.6) is 0 Å². The molecule has 264 valence electrons. The van der Waals surface area contributed by atoms with Crippen molar-refractivity contribution in [1.29, 1.82) is 0 Å². The van der Waals surface area contributed by atoms with Crippen LogP contribution in [0.2, 0.25) is 0 Å². The normalized spacial score (nSPS) is 14.7. The molecule has 0 saturated carbocycles. The minimum atomic E-state index is 0.252. The minimum absolute atomic E-state index is 0.252. The van der Waals surface area contributed by atoms with Gasteiger partial charge in [0.05, 0.1) is 11.4 Å². The van der Waals surface area contributed by atoms with Gasteiger partial charge in [-0.15, -0.1) is 0 Å². The fourth-order valence-electron chi connectivity index (χ4n) is 8.95. The summed E-state index contributed by atoms with van der Waals surface area (Å²) in [6.07, 6.45) is 10.3. The molecular weight excluding hydrogens is 679 g/mol. The lowest BCUT2D eigenvalue weighted by Crippen LogP contribution is -2.23. The first-order chi connectivity index (χ1) is 27.8. The molecule has 0 aliphatic heterocycles. The van der Waals surface area contributed by atoms with Crippen molar-refractivity contribution in [3.63, 3.8) is 0 Å². The Labute approximate surface area is 326 Å². The van der Waals surface area contributed by atoms with Crippen LogP contribution in [0.1, 0.15) is 23.5 Å². The first-order valence-electron chi connectivity index (χ1n) is 19.4. The molecule has 0 spiro atoms. The van der Waals surface area contributed by atoms with E-state index in [0.29, 0.717) is 0 Å². The fraction of sp³-hybridized carbons (Fsp3) is 0.0370. The van der Waals surface area contributed by atoms with Crippen molar-refractivity contribution in [2.45, 2.75) is 12.3 Å². The Hall–Kier alpha value is -7.16. The zero-order valence-corrected chi connectivity index (χ0v) is 30.8. The van der Waals surface area contributed by atoms with Crippen molar-refractivity contribution in [3.05, 3.63) is 223 Å². The monoisotopic (exact) mass is 715 g/mol. The molecule has 0 N–H and O–H groups in total. The van der Waals surface area contributed by atoms with Crippen molar-refractivity contribution >= 4 is 50.2 Å². The lowest BCUT2D eigenvalue weighted by atomic mass is 9.78. The van der Waals surface area contributed by atoms with Gasteiger partial charge in [-0.1, -0.05) is 170 Å². The summed E-state index contributed by atoms with van der Waals surface area (Å²) in [5, 5.41) is 4.63. The SMILES string of the molecule is C1=CC(N(c2ccc(-c3ccccc3)cc2-c2ccccc2)c2ccccc2-c2cccc3c2oc2cc4ccccc4cc23)=C2C=Cc3ccccc3C2C1. The molecule has 2 aliphatic rings. The van der Waals surface area contributed by atoms with Crippen LogP contribution in [0, 0.1) is 0 Å². The van der Waals surface area contributed by atoms with Gasteiger partial charge in [0.1, 0.15) is 11.2 Å². The molecule has 9 aromatic rings. The van der Waals surface area contributed by atoms with E-state index in [1.807, 2.05) is 0 Å². The number of hydrogen-bond donors (Lipinski definition) is 0. The summed E-state index contributed by atoms with van der Waals surface area (Å²) in [4.78, 5) is 2.51. The Morgan fingerprint density at radius 3 is 2.02 bits per heavy atom. The van der Waals surface area contributed by atoms with Gasteiger partial charge in [0.25, 0.3) is 0 Å². The maximum Gasteiger partial charge on any atom is 0.143 e. The Morgan fingerprint density at radius 1 is 0.464 bits per heavy atom. The van der Waals surface area contributed by atoms with E-state index >= 15 is 0 Å². The first kappa shape index (κ1) is 32.3. The molecule has 1 aromatic heterocycles. The second kappa shape index (κ2) is 13.3. The highest BCUT2D eigenvalue weighted by Crippen LogP contribution is 2.50. The third kappa shape index (κ3) is 5.33. The zero-order chi connectivity index (χ0) is 37.0. The summed E-state index contributed by atoms with van der Waals surface area (Å²) in [6.45, 7) is 0. The molecule has 56 heavy (non-hydrogen) atoms. The molecule has 0 fully saturated rings. The molecule has 1 atom stereocenters. The molecule has 2 aliphatic carbocycles. The van der Waals surface area contributed by atoms with Gasteiger partial charge in [-0.05, 0) is 87.0 Å². The molecule has 8 aromatic carbocycles. The third-order valence-corrected chi connectivity index (χ3v) is 11.6. The lowest BCUT2D eigenvalue weighted by Gasteiger charge is -2.36. The molecule has 11 rings (SSSR count). The molecule has 2 nitrogen and oxygen atoms in total. The van der Waals surface area contributed by atoms with Crippen LogP contribution in [-0.4, -0.2) is 0 Å². The first-order valence-corrected chi connectivity index (χ1v) is 19.4. The summed E-state index contributed by atoms with van der Waals surface area (Å²) >= 11 is 0. The third-order valence-electron chi connectivity index (χ3n) is 11.6. The minimum Gasteiger partial charge on any atom is -0.455 e. The van der Waals surface area contributed by atoms with E-state index in [4.69, 9.17) is 4.42 Å². The number of benzene rings is 8. The molecule has 0 bridgehead atoms. The number of para-hydroxylation sites is 2. The van der Waals surface area contributed by atoms with Crippen molar-refractivity contribution in [2.24, 2.45) is 0 Å². The van der Waals surface area contributed by atoms with Crippen molar-refractivity contribution in [3.8, 4) is 33.4 Å². The maximum absolute atomic E-state index is 6.86. The van der Waals surface area contributed by atoms with Crippen LogP contribution >= 0.6 is 0 Å². The van der Waals surface area contributed by atoms with E-state index in [1.54, 1.807) is 0 Å². The summed E-state index contributed by atoms with van der Waals surface area (Å²) in [5.41, 5.74) is 16.1. The second-order valence-corrected chi connectivity index (χ2v) is 14.8. The zero-order valence-electron chi connectivity index (χ0n) is 30.8. The smallest absolute Gasteiger partial charge is 0.143 e. The van der Waals surface area contributed by atoms with E-state index < -0.39 is 0 Å². The average Bonchev–Trinajstić information content (AvgIpc) is 3.64. The number of allylic oxidation sites excluding steroid dienone is 4. The average molecular weight is 716 g/mol. The van der Waals surface area contributed by atoms with Crippen molar-refractivity contribution < 1.29 is 4.42 Å². The highest BCUT2D eigenvalue weighted by molar-refractivity contribution is 6.14. The summed E-state index contributed by atoms with van der Waals surface area (Å²) in [6, 6.07) is 65.7. The lowest BCUT2D eigenvalue weighted by molar-refractivity contribution is 0.670. The summed E-state index contributed by atoms with van der Waals surface area (Å²) in [7, 11) is 0. The van der Waals surface area contributed by atoms with E-state index in [2.05, 4.69) is 211 Å². The van der Waals surface area contributed by atoms with Gasteiger partial charge < -0.3 is 9.32 Å². The Morgan fingerprint density at radius 2 is 1.16 bits per heavy atom. The molecule has 0 radical (unpaired) electrons. The van der Waals surface area contributed by atoms with Crippen molar-refractivity contribution in [1.82, 2.24) is 0 Å². The van der Waals surface area contributed by atoms with Gasteiger partial charge in [-0.25, -0.2) is 0 Å². The Kier molecular flexibility index (Phi) is 7.67. The maximum atomic E-state index is 6.86. The highest BCUT2D eigenvalue weighted by atomic mass is 16.3. The molecule has 0 saturated heterocycles. The predicted molar refractivity (Wildman–Crippen MR) is 235 cm³/mol. The van der Waals surface area contributed by atoms with Crippen LogP contribution in [0.25, 0.3) is 72.2 Å². The van der Waals surface area contributed by atoms with E-state index in [9.17, 15) is 0 Å². The van der Waals surface area contributed by atoms with E-state index in [0.717, 1.165) is 50.9 Å². The number of fused-ring (bicyclic) bond motifs is 7. The van der Waals surface area contributed by atoms with Gasteiger partial charge in [0.2, 0.25) is 0 Å². The number of furan rings is 1. The quantitative estimate of drug-likeness (QED) is 0.170. The number of hydrogen-bond acceptors (Lipinski definition) is 2. The molecule has 1 heterocycles. The molecular formula is C54H37NO. The van der Waals surface area contributed by atoms with Gasteiger partial charge in [-0.3, -0.25) is 0 Å². The molecule has 0 amide bonds. The van der Waals surface area contributed by atoms with Gasteiger partial charge in [0, 0.05) is 39.1 Å². The van der Waals surface area contributed by atoms with Gasteiger partial charge in [0.15, 0.2) is 0 Å². The molecule has 2 heteroatoms. The highest BCUT2D eigenvalue weighted by Gasteiger charge is 2.31. The topological polar surface area (TPSA) is 16.4 Å². The largest absolute Gasteiger partial charge is 0.455 e. The van der Waals surface area contributed by atoms with Crippen LogP contribution in [-0.2, 0) is 0 Å². The van der Waals surface area contributed by atoms with Crippen molar-refractivity contribution in [2.75, 3.05) is 4.90 Å². The number of rotatable bonds is 6. The standard InChI is InChI=1S/C54H37NO/c1-3-15-36(16-4-1)41-30-32-52(48(33-41)37-17-5-2-6-18-37)55(51-28-14-24-43-42-22-10-9-19-38(42)29-31-45(43)51)50-27-12-11-23-44(50)46-25-13-26-47-49-34-39-20-7-8-21-40(39)35-53(49)56-54(46)47/h1-23,25-35,43H,24H2. The summed E-state index contributed by atoms with van der Waals surface area (Å²) < 4.78 is 6.86. The number of nitrogens with zero attached hydrogens (tertiary/aromatic N) is 1. The van der Waals surface area contributed by atoms with E-state index in [-0.39, 0.29) is 5.92 Å². The van der Waals surface area contributed by atoms with Gasteiger partial charge in [-0.2, -0.15) is 0 Å². The van der Waals surface area contributed by atoms with Gasteiger partial charge >= 0.3 is 0 Å². The van der Waals surface area contributed by atoms with Crippen LogP contribution in [0.15, 0.2) is 216 Å².